The molecule has 2 heterocycles. The third kappa shape index (κ3) is 7.11. The third-order valence-corrected chi connectivity index (χ3v) is 8.27. The number of carbonyl (C=O) groups is 1. The standard InChI is InChI=1S/C34H33N3O9S/c1-5-44-31-24(12-9-13-27(31)43-4)30-29(33(39)45-17-16-42-3)21(2)35-34-36(30)32(38)28(47-34)19-23-14-15-26(25(18-23)37(40)41)46-20-22-10-7-6-8-11-22/h6-15,18-19,30H,5,16-17,20H2,1-4H3/b28-19+/t30-/m1/s1. The van der Waals surface area contributed by atoms with Crippen molar-refractivity contribution in [2.75, 3.05) is 34.0 Å². The zero-order valence-electron chi connectivity index (χ0n) is 26.3. The number of rotatable bonds is 13. The summed E-state index contributed by atoms with van der Waals surface area (Å²) in [6, 6.07) is 18.1. The lowest BCUT2D eigenvalue weighted by molar-refractivity contribution is -0.386. The van der Waals surface area contributed by atoms with Crippen LogP contribution in [0.15, 0.2) is 87.8 Å². The summed E-state index contributed by atoms with van der Waals surface area (Å²) in [6.45, 7) is 4.14. The van der Waals surface area contributed by atoms with E-state index in [1.807, 2.05) is 37.3 Å². The fourth-order valence-corrected chi connectivity index (χ4v) is 6.20. The van der Waals surface area contributed by atoms with Gasteiger partial charge >= 0.3 is 11.7 Å². The number of benzene rings is 3. The van der Waals surface area contributed by atoms with E-state index in [-0.39, 0.29) is 41.4 Å². The molecule has 0 radical (unpaired) electrons. The lowest BCUT2D eigenvalue weighted by Crippen LogP contribution is -2.40. The van der Waals surface area contributed by atoms with Crippen LogP contribution in [-0.2, 0) is 20.9 Å². The number of para-hydroxylation sites is 1. The van der Waals surface area contributed by atoms with Crippen LogP contribution in [0.3, 0.4) is 0 Å². The molecule has 0 spiro atoms. The Morgan fingerprint density at radius 2 is 1.83 bits per heavy atom. The molecule has 0 amide bonds. The normalized spacial score (nSPS) is 14.3. The largest absolute Gasteiger partial charge is 0.493 e. The van der Waals surface area contributed by atoms with Gasteiger partial charge in [0.25, 0.3) is 5.56 Å². The number of esters is 1. The van der Waals surface area contributed by atoms with Crippen molar-refractivity contribution < 1.29 is 33.4 Å². The molecular weight excluding hydrogens is 626 g/mol. The highest BCUT2D eigenvalue weighted by Crippen LogP contribution is 2.41. The van der Waals surface area contributed by atoms with E-state index in [0.29, 0.717) is 39.7 Å². The SMILES string of the molecule is CCOc1c(OC)cccc1[C@@H]1C(C(=O)OCCOC)=C(C)N=c2s/c(=C/c3ccc(OCc4ccccc4)c([N+](=O)[O-])c3)c(=O)n21. The fraction of sp³-hybridized carbons (Fsp3) is 0.265. The number of allylic oxidation sites excluding steroid dienone is 1. The van der Waals surface area contributed by atoms with E-state index in [1.165, 1.54) is 30.9 Å². The van der Waals surface area contributed by atoms with Crippen LogP contribution in [0.2, 0.25) is 0 Å². The van der Waals surface area contributed by atoms with Crippen LogP contribution in [0, 0.1) is 10.1 Å². The minimum absolute atomic E-state index is 0.00349. The number of aromatic nitrogens is 1. The van der Waals surface area contributed by atoms with E-state index in [0.717, 1.165) is 16.9 Å². The monoisotopic (exact) mass is 659 g/mol. The van der Waals surface area contributed by atoms with Crippen LogP contribution < -0.4 is 29.1 Å². The Kier molecular flexibility index (Phi) is 10.5. The van der Waals surface area contributed by atoms with Crippen LogP contribution in [0.4, 0.5) is 5.69 Å². The summed E-state index contributed by atoms with van der Waals surface area (Å²) >= 11 is 1.10. The number of hydrogen-bond donors (Lipinski definition) is 0. The summed E-state index contributed by atoms with van der Waals surface area (Å²) in [4.78, 5) is 44.1. The van der Waals surface area contributed by atoms with Gasteiger partial charge in [0.2, 0.25) is 0 Å². The van der Waals surface area contributed by atoms with Crippen molar-refractivity contribution >= 4 is 29.1 Å². The maximum atomic E-state index is 14.2. The number of carbonyl (C=O) groups excluding carboxylic acids is 1. The number of nitrogens with zero attached hydrogens (tertiary/aromatic N) is 3. The molecule has 0 aliphatic carbocycles. The van der Waals surface area contributed by atoms with Crippen molar-refractivity contribution in [3.8, 4) is 17.2 Å². The molecule has 1 aromatic heterocycles. The van der Waals surface area contributed by atoms with Gasteiger partial charge in [0, 0.05) is 18.7 Å². The number of nitro benzene ring substituents is 1. The Labute approximate surface area is 273 Å². The summed E-state index contributed by atoms with van der Waals surface area (Å²) < 4.78 is 29.5. The summed E-state index contributed by atoms with van der Waals surface area (Å²) in [5.74, 6) is 0.242. The van der Waals surface area contributed by atoms with Gasteiger partial charge in [-0.3, -0.25) is 19.5 Å². The van der Waals surface area contributed by atoms with E-state index in [9.17, 15) is 19.7 Å². The first-order valence-electron chi connectivity index (χ1n) is 14.7. The zero-order chi connectivity index (χ0) is 33.5. The van der Waals surface area contributed by atoms with Crippen LogP contribution in [0.5, 0.6) is 17.2 Å². The molecule has 13 heteroatoms. The third-order valence-electron chi connectivity index (χ3n) is 7.29. The highest BCUT2D eigenvalue weighted by Gasteiger charge is 2.36. The number of fused-ring (bicyclic) bond motifs is 1. The minimum atomic E-state index is -0.969. The number of ether oxygens (including phenoxy) is 5. The van der Waals surface area contributed by atoms with Gasteiger partial charge in [-0.2, -0.15) is 0 Å². The number of thiazole rings is 1. The average molecular weight is 660 g/mol. The van der Waals surface area contributed by atoms with Gasteiger partial charge in [-0.25, -0.2) is 9.79 Å². The first-order valence-corrected chi connectivity index (χ1v) is 15.5. The van der Waals surface area contributed by atoms with Crippen molar-refractivity contribution in [2.45, 2.75) is 26.5 Å². The van der Waals surface area contributed by atoms with Crippen molar-refractivity contribution in [2.24, 2.45) is 4.99 Å². The maximum absolute atomic E-state index is 14.2. The van der Waals surface area contributed by atoms with Crippen molar-refractivity contribution in [3.05, 3.63) is 124 Å². The molecule has 3 aromatic carbocycles. The second-order valence-electron chi connectivity index (χ2n) is 10.3. The molecule has 5 rings (SSSR count). The maximum Gasteiger partial charge on any atom is 0.338 e. The minimum Gasteiger partial charge on any atom is -0.493 e. The highest BCUT2D eigenvalue weighted by atomic mass is 32.1. The second-order valence-corrected chi connectivity index (χ2v) is 11.3. The van der Waals surface area contributed by atoms with Gasteiger partial charge in [0.05, 0.1) is 41.0 Å². The highest BCUT2D eigenvalue weighted by molar-refractivity contribution is 7.07. The predicted molar refractivity (Wildman–Crippen MR) is 175 cm³/mol. The van der Waals surface area contributed by atoms with Gasteiger partial charge in [0.1, 0.15) is 19.3 Å². The molecule has 0 bridgehead atoms. The molecule has 0 saturated carbocycles. The van der Waals surface area contributed by atoms with Crippen LogP contribution in [-0.4, -0.2) is 49.5 Å². The van der Waals surface area contributed by atoms with Gasteiger partial charge in [-0.1, -0.05) is 59.9 Å². The van der Waals surface area contributed by atoms with E-state index in [1.54, 1.807) is 37.3 Å². The molecule has 0 saturated heterocycles. The Bertz CT molecular complexity index is 2000. The van der Waals surface area contributed by atoms with Crippen LogP contribution in [0.1, 0.15) is 36.6 Å². The molecule has 0 unspecified atom stereocenters. The summed E-state index contributed by atoms with van der Waals surface area (Å²) in [6.07, 6.45) is 1.56. The molecule has 47 heavy (non-hydrogen) atoms. The Hall–Kier alpha value is -5.27. The molecule has 1 aliphatic rings. The van der Waals surface area contributed by atoms with E-state index >= 15 is 0 Å². The average Bonchev–Trinajstić information content (AvgIpc) is 3.37. The van der Waals surface area contributed by atoms with Crippen molar-refractivity contribution in [3.63, 3.8) is 0 Å². The molecule has 1 atom stereocenters. The molecular formula is C34H33N3O9S. The predicted octanol–water partition coefficient (Wildman–Crippen LogP) is 4.32. The summed E-state index contributed by atoms with van der Waals surface area (Å²) in [7, 11) is 3.00. The second kappa shape index (κ2) is 14.9. The van der Waals surface area contributed by atoms with E-state index in [2.05, 4.69) is 4.99 Å². The van der Waals surface area contributed by atoms with E-state index in [4.69, 9.17) is 23.7 Å². The summed E-state index contributed by atoms with van der Waals surface area (Å²) in [5.41, 5.74) is 1.61. The smallest absolute Gasteiger partial charge is 0.338 e. The number of nitro groups is 1. The Balaban J connectivity index is 1.62. The molecule has 1 aliphatic heterocycles. The van der Waals surface area contributed by atoms with Crippen LogP contribution >= 0.6 is 11.3 Å². The fourth-order valence-electron chi connectivity index (χ4n) is 5.16. The molecule has 4 aromatic rings. The lowest BCUT2D eigenvalue weighted by Gasteiger charge is -2.27. The number of methoxy groups -OCH3 is 2. The van der Waals surface area contributed by atoms with Crippen molar-refractivity contribution in [1.29, 1.82) is 0 Å². The first kappa shape index (κ1) is 33.1. The van der Waals surface area contributed by atoms with Gasteiger partial charge in [-0.15, -0.1) is 0 Å². The van der Waals surface area contributed by atoms with E-state index < -0.39 is 22.5 Å². The quantitative estimate of drug-likeness (QED) is 0.0888. The molecule has 0 N–H and O–H groups in total. The van der Waals surface area contributed by atoms with Crippen LogP contribution in [0.25, 0.3) is 6.08 Å². The van der Waals surface area contributed by atoms with Gasteiger partial charge in [0.15, 0.2) is 22.0 Å². The first-order chi connectivity index (χ1) is 22.8. The van der Waals surface area contributed by atoms with Gasteiger partial charge in [-0.05, 0) is 43.2 Å². The Morgan fingerprint density at radius 1 is 1.04 bits per heavy atom. The molecule has 0 fully saturated rings. The molecule has 244 valence electrons. The van der Waals surface area contributed by atoms with Crippen molar-refractivity contribution in [1.82, 2.24) is 4.57 Å². The lowest BCUT2D eigenvalue weighted by atomic mass is 9.94. The Morgan fingerprint density at radius 3 is 2.53 bits per heavy atom. The number of hydrogen-bond acceptors (Lipinski definition) is 11. The topological polar surface area (TPSA) is 141 Å². The van der Waals surface area contributed by atoms with Gasteiger partial charge < -0.3 is 23.7 Å². The molecule has 12 nitrogen and oxygen atoms in total. The summed E-state index contributed by atoms with van der Waals surface area (Å²) in [5, 5.41) is 12.0. The zero-order valence-corrected chi connectivity index (χ0v) is 27.1.